The van der Waals surface area contributed by atoms with Gasteiger partial charge in [-0.1, -0.05) is 48.2 Å². The molecule has 0 aromatic heterocycles. The lowest BCUT2D eigenvalue weighted by atomic mass is 10.2. The van der Waals surface area contributed by atoms with E-state index in [2.05, 4.69) is 69.2 Å². The highest BCUT2D eigenvalue weighted by molar-refractivity contribution is 6.87. The lowest BCUT2D eigenvalue weighted by Gasteiger charge is -2.31. The van der Waals surface area contributed by atoms with Gasteiger partial charge in [-0.25, -0.2) is 0 Å². The quantitative estimate of drug-likeness (QED) is 0.675. The topological polar surface area (TPSA) is 9.23 Å². The van der Waals surface area contributed by atoms with Crippen LogP contribution in [0.1, 0.15) is 5.56 Å². The van der Waals surface area contributed by atoms with Crippen LogP contribution in [0.3, 0.4) is 0 Å². The molecule has 0 spiro atoms. The smallest absolute Gasteiger partial charge is 0.198 e. The van der Waals surface area contributed by atoms with E-state index in [1.807, 2.05) is 11.8 Å². The first-order valence-electron chi connectivity index (χ1n) is 6.40. The minimum atomic E-state index is -1.65. The van der Waals surface area contributed by atoms with Crippen LogP contribution in [-0.4, -0.2) is 16.6 Å². The van der Waals surface area contributed by atoms with Crippen molar-refractivity contribution in [2.24, 2.45) is 0 Å². The van der Waals surface area contributed by atoms with Gasteiger partial charge in [0, 0.05) is 0 Å². The van der Waals surface area contributed by atoms with Gasteiger partial charge in [-0.15, -0.1) is 6.58 Å². The minimum Gasteiger partial charge on any atom is -0.452 e. The van der Waals surface area contributed by atoms with E-state index in [0.29, 0.717) is 0 Å². The van der Waals surface area contributed by atoms with Crippen molar-refractivity contribution >= 4 is 22.7 Å². The van der Waals surface area contributed by atoms with E-state index >= 15 is 0 Å². The molecule has 98 valence electrons. The molecule has 1 nitrogen and oxygen atoms in total. The molecule has 0 N–H and O–H groups in total. The summed E-state index contributed by atoms with van der Waals surface area (Å²) >= 11 is 0. The number of benzene rings is 1. The summed E-state index contributed by atoms with van der Waals surface area (Å²) in [6.07, 6.45) is 4.43. The van der Waals surface area contributed by atoms with Crippen molar-refractivity contribution in [3.8, 4) is 0 Å². The van der Waals surface area contributed by atoms with Crippen LogP contribution in [0.5, 0.6) is 0 Å². The lowest BCUT2D eigenvalue weighted by molar-refractivity contribution is 0.559. The molecule has 0 unspecified atom stereocenters. The van der Waals surface area contributed by atoms with Crippen molar-refractivity contribution in [1.29, 1.82) is 0 Å². The van der Waals surface area contributed by atoms with Crippen molar-refractivity contribution in [3.05, 3.63) is 54.2 Å². The second-order valence-electron chi connectivity index (χ2n) is 5.69. The van der Waals surface area contributed by atoms with E-state index in [1.165, 1.54) is 5.56 Å². The monoisotopic (exact) mass is 276 g/mol. The summed E-state index contributed by atoms with van der Waals surface area (Å²) in [7, 11) is -3.26. The van der Waals surface area contributed by atoms with Crippen molar-refractivity contribution in [2.75, 3.05) is 0 Å². The number of hydrogen-bond donors (Lipinski definition) is 0. The van der Waals surface area contributed by atoms with Gasteiger partial charge in [-0.2, -0.15) is 0 Å². The van der Waals surface area contributed by atoms with Gasteiger partial charge in [-0.05, 0) is 37.8 Å². The molecule has 0 aliphatic carbocycles. The highest BCUT2D eigenvalue weighted by Crippen LogP contribution is 2.20. The number of rotatable bonds is 6. The van der Waals surface area contributed by atoms with Gasteiger partial charge in [0.1, 0.15) is 0 Å². The Labute approximate surface area is 113 Å². The molecular weight excluding hydrogens is 252 g/mol. The lowest BCUT2D eigenvalue weighted by Crippen LogP contribution is -2.42. The van der Waals surface area contributed by atoms with Gasteiger partial charge >= 0.3 is 0 Å². The van der Waals surface area contributed by atoms with Crippen LogP contribution in [-0.2, 0) is 4.12 Å². The fourth-order valence-corrected chi connectivity index (χ4v) is 8.89. The van der Waals surface area contributed by atoms with Gasteiger partial charge in [-0.3, -0.25) is 0 Å². The molecule has 0 amide bonds. The first-order chi connectivity index (χ1) is 8.35. The van der Waals surface area contributed by atoms with Gasteiger partial charge in [0.15, 0.2) is 16.6 Å². The summed E-state index contributed by atoms with van der Waals surface area (Å²) in [5.41, 5.74) is 3.27. The second kappa shape index (κ2) is 6.32. The summed E-state index contributed by atoms with van der Waals surface area (Å²) in [5.74, 6) is 0. The predicted octanol–water partition coefficient (Wildman–Crippen LogP) is 4.85. The van der Waals surface area contributed by atoms with E-state index in [-0.39, 0.29) is 0 Å². The Morgan fingerprint density at radius 2 is 1.72 bits per heavy atom. The summed E-state index contributed by atoms with van der Waals surface area (Å²) in [4.78, 5) is 0. The van der Waals surface area contributed by atoms with Gasteiger partial charge < -0.3 is 4.12 Å². The molecule has 0 fully saturated rings. The summed E-state index contributed by atoms with van der Waals surface area (Å²) in [6, 6.07) is 11.4. The maximum absolute atomic E-state index is 6.32. The Bertz CT molecular complexity index is 408. The molecule has 1 aromatic rings. The maximum Gasteiger partial charge on any atom is 0.198 e. The van der Waals surface area contributed by atoms with Crippen molar-refractivity contribution in [2.45, 2.75) is 32.2 Å². The van der Waals surface area contributed by atoms with Crippen LogP contribution in [0, 0.1) is 0 Å². The van der Waals surface area contributed by atoms with Crippen LogP contribution in [0.15, 0.2) is 48.7 Å². The number of hydrogen-bond acceptors (Lipinski definition) is 1. The molecule has 1 aromatic carbocycles. The van der Waals surface area contributed by atoms with Crippen LogP contribution in [0.4, 0.5) is 0 Å². The molecule has 1 rings (SSSR count). The highest BCUT2D eigenvalue weighted by atomic mass is 28.4. The van der Waals surface area contributed by atoms with Crippen molar-refractivity contribution in [3.63, 3.8) is 0 Å². The molecule has 0 aliphatic heterocycles. The average Bonchev–Trinajstić information content (AvgIpc) is 2.29. The molecule has 0 bridgehead atoms. The van der Waals surface area contributed by atoms with Crippen molar-refractivity contribution in [1.82, 2.24) is 0 Å². The molecule has 0 saturated heterocycles. The Morgan fingerprint density at radius 3 is 2.28 bits per heavy atom. The average molecular weight is 277 g/mol. The molecular formula is C15H24OSi2. The first-order valence-corrected chi connectivity index (χ1v) is 12.5. The first kappa shape index (κ1) is 15.2. The SMILES string of the molecule is C=C[Si](C)(C)O[Si](C)(C)CC=Cc1ccccc1. The van der Waals surface area contributed by atoms with Crippen LogP contribution in [0.25, 0.3) is 6.08 Å². The molecule has 0 heterocycles. The van der Waals surface area contributed by atoms with Gasteiger partial charge in [0.05, 0.1) is 0 Å². The summed E-state index contributed by atoms with van der Waals surface area (Å²) in [5, 5.41) is 0. The molecule has 0 aliphatic rings. The van der Waals surface area contributed by atoms with E-state index in [1.54, 1.807) is 0 Å². The Balaban J connectivity index is 2.56. The molecule has 3 heteroatoms. The van der Waals surface area contributed by atoms with E-state index in [9.17, 15) is 0 Å². The third-order valence-corrected chi connectivity index (χ3v) is 9.27. The largest absolute Gasteiger partial charge is 0.452 e. The van der Waals surface area contributed by atoms with E-state index in [4.69, 9.17) is 4.12 Å². The fraction of sp³-hybridized carbons (Fsp3) is 0.333. The summed E-state index contributed by atoms with van der Waals surface area (Å²) < 4.78 is 6.32. The van der Waals surface area contributed by atoms with Crippen LogP contribution >= 0.6 is 0 Å². The minimum absolute atomic E-state index is 1.05. The second-order valence-corrected chi connectivity index (χ2v) is 14.0. The summed E-state index contributed by atoms with van der Waals surface area (Å²) in [6.45, 7) is 12.9. The van der Waals surface area contributed by atoms with E-state index in [0.717, 1.165) is 6.04 Å². The Hall–Kier alpha value is -0.906. The molecule has 0 atom stereocenters. The number of allylic oxidation sites excluding steroid dienone is 1. The van der Waals surface area contributed by atoms with Gasteiger partial charge in [0.2, 0.25) is 0 Å². The van der Waals surface area contributed by atoms with Crippen LogP contribution in [0.2, 0.25) is 32.2 Å². The highest BCUT2D eigenvalue weighted by Gasteiger charge is 2.29. The fourth-order valence-electron chi connectivity index (χ4n) is 1.84. The molecule has 18 heavy (non-hydrogen) atoms. The zero-order valence-corrected chi connectivity index (χ0v) is 13.9. The van der Waals surface area contributed by atoms with Crippen LogP contribution < -0.4 is 0 Å². The molecule has 0 radical (unpaired) electrons. The maximum atomic E-state index is 6.32. The Kier molecular flexibility index (Phi) is 5.32. The third kappa shape index (κ3) is 5.62. The standard InChI is InChI=1S/C15H24OSi2/c1-6-17(2,3)16-18(4,5)14-10-13-15-11-8-7-9-12-15/h6-13H,1,14H2,2-5H3. The zero-order chi connectivity index (χ0) is 13.6. The zero-order valence-electron chi connectivity index (χ0n) is 11.9. The Morgan fingerprint density at radius 1 is 1.11 bits per heavy atom. The van der Waals surface area contributed by atoms with Crippen molar-refractivity contribution < 1.29 is 4.12 Å². The predicted molar refractivity (Wildman–Crippen MR) is 86.5 cm³/mol. The normalized spacial score (nSPS) is 12.9. The third-order valence-electron chi connectivity index (χ3n) is 2.75. The van der Waals surface area contributed by atoms with Gasteiger partial charge in [0.25, 0.3) is 0 Å². The van der Waals surface area contributed by atoms with E-state index < -0.39 is 16.6 Å². The molecule has 0 saturated carbocycles.